The molecule has 0 amide bonds. The van der Waals surface area contributed by atoms with Gasteiger partial charge in [-0.3, -0.25) is 0 Å². The van der Waals surface area contributed by atoms with E-state index < -0.39 is 0 Å². The molecule has 0 aromatic rings. The number of rotatable bonds is 22. The van der Waals surface area contributed by atoms with Crippen LogP contribution < -0.4 is 0 Å². The molecule has 0 rings (SSSR count). The molecule has 0 fully saturated rings. The van der Waals surface area contributed by atoms with Crippen LogP contribution in [0.5, 0.6) is 0 Å². The Morgan fingerprint density at radius 2 is 0.815 bits per heavy atom. The van der Waals surface area contributed by atoms with Crippen LogP contribution in [0.3, 0.4) is 0 Å². The molecule has 0 aliphatic heterocycles. The monoisotopic (exact) mass is 384 g/mol. The van der Waals surface area contributed by atoms with Crippen LogP contribution in [0.4, 0.5) is 0 Å². The summed E-state index contributed by atoms with van der Waals surface area (Å²) >= 11 is 0. The summed E-state index contributed by atoms with van der Waals surface area (Å²) in [6, 6.07) is 0. The first-order valence-electron chi connectivity index (χ1n) is 12.4. The Bertz CT molecular complexity index is 277. The van der Waals surface area contributed by atoms with Crippen LogP contribution in [0.15, 0.2) is 0 Å². The van der Waals surface area contributed by atoms with E-state index >= 15 is 0 Å². The molecule has 164 valence electrons. The summed E-state index contributed by atoms with van der Waals surface area (Å²) in [4.78, 5) is 0. The smallest absolute Gasteiger partial charge is 0.0783 e. The molecule has 27 heavy (non-hydrogen) atoms. The molecule has 0 radical (unpaired) electrons. The second-order valence-electron chi connectivity index (χ2n) is 9.39. The van der Waals surface area contributed by atoms with E-state index in [0.29, 0.717) is 0 Å². The van der Waals surface area contributed by atoms with Gasteiger partial charge in [0.15, 0.2) is 0 Å². The second kappa shape index (κ2) is 20.6. The Morgan fingerprint density at radius 3 is 1.19 bits per heavy atom. The van der Waals surface area contributed by atoms with Crippen molar-refractivity contribution in [1.29, 1.82) is 0 Å². The van der Waals surface area contributed by atoms with Crippen molar-refractivity contribution in [3.63, 3.8) is 0 Å². The first-order valence-corrected chi connectivity index (χ1v) is 12.4. The average Bonchev–Trinajstić information content (AvgIpc) is 2.65. The zero-order valence-corrected chi connectivity index (χ0v) is 19.7. The van der Waals surface area contributed by atoms with E-state index in [9.17, 15) is 0 Å². The molecular formula is C25H54NO+. The summed E-state index contributed by atoms with van der Waals surface area (Å²) in [5, 5.41) is 0. The molecule has 0 saturated carbocycles. The molecule has 0 bridgehead atoms. The summed E-state index contributed by atoms with van der Waals surface area (Å²) < 4.78 is 6.33. The number of ether oxygens (including phenoxy) is 1. The van der Waals surface area contributed by atoms with Crippen LogP contribution in [-0.4, -0.2) is 45.4 Å². The minimum Gasteiger partial charge on any atom is -0.385 e. The molecule has 0 saturated heterocycles. The van der Waals surface area contributed by atoms with Gasteiger partial charge in [-0.1, -0.05) is 96.8 Å². The topological polar surface area (TPSA) is 9.23 Å². The highest BCUT2D eigenvalue weighted by molar-refractivity contribution is 4.50. The molecule has 0 unspecified atom stereocenters. The Hall–Kier alpha value is -0.0800. The molecule has 0 spiro atoms. The lowest BCUT2D eigenvalue weighted by Gasteiger charge is -2.30. The third kappa shape index (κ3) is 22.1. The predicted octanol–water partition coefficient (Wildman–Crippen LogP) is 7.75. The molecular weight excluding hydrogens is 330 g/mol. The van der Waals surface area contributed by atoms with Crippen LogP contribution in [0, 0.1) is 0 Å². The Balaban J connectivity index is 3.20. The molecule has 0 atom stereocenters. The van der Waals surface area contributed by atoms with E-state index in [2.05, 4.69) is 21.0 Å². The maximum absolute atomic E-state index is 5.14. The van der Waals surface area contributed by atoms with Gasteiger partial charge in [-0.05, 0) is 25.7 Å². The van der Waals surface area contributed by atoms with E-state index in [1.807, 2.05) is 0 Å². The normalized spacial score (nSPS) is 12.0. The van der Waals surface area contributed by atoms with E-state index in [-0.39, 0.29) is 0 Å². The predicted molar refractivity (Wildman–Crippen MR) is 122 cm³/mol. The lowest BCUT2D eigenvalue weighted by Crippen LogP contribution is -2.41. The minimum atomic E-state index is 0.916. The number of hydrogen-bond acceptors (Lipinski definition) is 1. The molecule has 0 aromatic heterocycles. The number of unbranched alkanes of at least 4 members (excludes halogenated alkanes) is 16. The molecule has 2 nitrogen and oxygen atoms in total. The summed E-state index contributed by atoms with van der Waals surface area (Å²) in [5.41, 5.74) is 0. The highest BCUT2D eigenvalue weighted by Gasteiger charge is 2.13. The molecule has 0 aromatic carbocycles. The van der Waals surface area contributed by atoms with E-state index in [1.165, 1.54) is 133 Å². The van der Waals surface area contributed by atoms with Crippen LogP contribution >= 0.6 is 0 Å². The third-order valence-electron chi connectivity index (χ3n) is 5.98. The SMILES string of the molecule is CCCCCCCCCCCCCCCCCC[N+](C)(C)CCCCOC. The third-order valence-corrected chi connectivity index (χ3v) is 5.98. The highest BCUT2D eigenvalue weighted by atomic mass is 16.5. The van der Waals surface area contributed by atoms with Gasteiger partial charge >= 0.3 is 0 Å². The summed E-state index contributed by atoms with van der Waals surface area (Å²) in [5.74, 6) is 0. The molecule has 0 aliphatic rings. The Kier molecular flexibility index (Phi) is 20.6. The zero-order valence-electron chi connectivity index (χ0n) is 19.7. The lowest BCUT2D eigenvalue weighted by atomic mass is 10.0. The largest absolute Gasteiger partial charge is 0.385 e. The van der Waals surface area contributed by atoms with Gasteiger partial charge in [-0.2, -0.15) is 0 Å². The fourth-order valence-electron chi connectivity index (χ4n) is 3.99. The van der Waals surface area contributed by atoms with Crippen molar-refractivity contribution < 1.29 is 9.22 Å². The average molecular weight is 385 g/mol. The van der Waals surface area contributed by atoms with Crippen LogP contribution in [-0.2, 0) is 4.74 Å². The van der Waals surface area contributed by atoms with Gasteiger partial charge in [-0.25, -0.2) is 0 Å². The fraction of sp³-hybridized carbons (Fsp3) is 1.00. The van der Waals surface area contributed by atoms with Gasteiger partial charge in [0.25, 0.3) is 0 Å². The molecule has 0 heterocycles. The fourth-order valence-corrected chi connectivity index (χ4v) is 3.99. The van der Waals surface area contributed by atoms with E-state index in [0.717, 1.165) is 6.61 Å². The number of methoxy groups -OCH3 is 1. The van der Waals surface area contributed by atoms with Crippen molar-refractivity contribution in [2.45, 2.75) is 122 Å². The first-order chi connectivity index (χ1) is 13.1. The van der Waals surface area contributed by atoms with Crippen LogP contribution in [0.1, 0.15) is 122 Å². The van der Waals surface area contributed by atoms with Gasteiger partial charge in [-0.15, -0.1) is 0 Å². The Labute approximate surface area is 173 Å². The van der Waals surface area contributed by atoms with Gasteiger partial charge < -0.3 is 9.22 Å². The van der Waals surface area contributed by atoms with Gasteiger partial charge in [0.05, 0.1) is 27.2 Å². The standard InChI is InChI=1S/C25H54NO/c1-5-6-7-8-9-10-11-12-13-14-15-16-17-18-19-20-23-26(2,3)24-21-22-25-27-4/h5-25H2,1-4H3/q+1. The first kappa shape index (κ1) is 26.9. The molecule has 0 aliphatic carbocycles. The molecule has 0 N–H and O–H groups in total. The summed E-state index contributed by atoms with van der Waals surface area (Å²) in [7, 11) is 6.58. The maximum Gasteiger partial charge on any atom is 0.0783 e. The van der Waals surface area contributed by atoms with Crippen LogP contribution in [0.25, 0.3) is 0 Å². The van der Waals surface area contributed by atoms with Gasteiger partial charge in [0.2, 0.25) is 0 Å². The second-order valence-corrected chi connectivity index (χ2v) is 9.39. The van der Waals surface area contributed by atoms with Crippen molar-refractivity contribution in [2.75, 3.05) is 40.9 Å². The van der Waals surface area contributed by atoms with E-state index in [1.54, 1.807) is 7.11 Å². The summed E-state index contributed by atoms with van der Waals surface area (Å²) in [6.07, 6.45) is 25.8. The van der Waals surface area contributed by atoms with Crippen molar-refractivity contribution in [3.8, 4) is 0 Å². The quantitative estimate of drug-likeness (QED) is 0.137. The zero-order chi connectivity index (χ0) is 20.1. The van der Waals surface area contributed by atoms with Crippen molar-refractivity contribution in [1.82, 2.24) is 0 Å². The number of hydrogen-bond donors (Lipinski definition) is 0. The van der Waals surface area contributed by atoms with Crippen molar-refractivity contribution >= 4 is 0 Å². The van der Waals surface area contributed by atoms with E-state index in [4.69, 9.17) is 4.74 Å². The number of nitrogens with zero attached hydrogens (tertiary/aromatic N) is 1. The van der Waals surface area contributed by atoms with Gasteiger partial charge in [0.1, 0.15) is 0 Å². The summed E-state index contributed by atoms with van der Waals surface area (Å²) in [6.45, 7) is 5.85. The maximum atomic E-state index is 5.14. The van der Waals surface area contributed by atoms with Crippen LogP contribution in [0.2, 0.25) is 0 Å². The lowest BCUT2D eigenvalue weighted by molar-refractivity contribution is -0.890. The minimum absolute atomic E-state index is 0.916. The van der Waals surface area contributed by atoms with Crippen molar-refractivity contribution in [2.24, 2.45) is 0 Å². The highest BCUT2D eigenvalue weighted by Crippen LogP contribution is 2.14. The Morgan fingerprint density at radius 1 is 0.481 bits per heavy atom. The molecule has 2 heteroatoms. The number of quaternary nitrogens is 1. The van der Waals surface area contributed by atoms with Crippen molar-refractivity contribution in [3.05, 3.63) is 0 Å². The van der Waals surface area contributed by atoms with Gasteiger partial charge in [0, 0.05) is 13.7 Å².